The zero-order chi connectivity index (χ0) is 27.8. The van der Waals surface area contributed by atoms with Gasteiger partial charge in [0.2, 0.25) is 6.33 Å². The van der Waals surface area contributed by atoms with Crippen LogP contribution in [0.15, 0.2) is 79.4 Å². The van der Waals surface area contributed by atoms with Crippen LogP contribution >= 0.6 is 0 Å². The molecule has 1 aromatic heterocycles. The second kappa shape index (κ2) is 17.4. The normalized spacial score (nSPS) is 14.0. The molecular formula is C37H57N2+. The van der Waals surface area contributed by atoms with Crippen LogP contribution in [-0.4, -0.2) is 4.57 Å². The second-order valence-electron chi connectivity index (χ2n) is 12.4. The first-order chi connectivity index (χ1) is 19.0. The predicted molar refractivity (Wildman–Crippen MR) is 168 cm³/mol. The Hall–Kier alpha value is -2.35. The van der Waals surface area contributed by atoms with Crippen molar-refractivity contribution in [3.63, 3.8) is 0 Å². The number of nitrogens with zero attached hydrogens (tertiary/aromatic N) is 2. The van der Waals surface area contributed by atoms with Gasteiger partial charge >= 0.3 is 0 Å². The van der Waals surface area contributed by atoms with Crippen LogP contribution in [0.4, 0.5) is 0 Å². The van der Waals surface area contributed by atoms with E-state index in [0.717, 1.165) is 6.42 Å². The van der Waals surface area contributed by atoms with Gasteiger partial charge in [0.05, 0.1) is 6.04 Å². The van der Waals surface area contributed by atoms with Crippen molar-refractivity contribution < 1.29 is 4.57 Å². The average molecular weight is 530 g/mol. The molecule has 0 amide bonds. The Morgan fingerprint density at radius 1 is 0.692 bits per heavy atom. The summed E-state index contributed by atoms with van der Waals surface area (Å²) in [6.07, 6.45) is 27.4. The maximum absolute atomic E-state index is 2.52. The van der Waals surface area contributed by atoms with Gasteiger partial charge in [-0.25, -0.2) is 9.13 Å². The summed E-state index contributed by atoms with van der Waals surface area (Å²) >= 11 is 0. The zero-order valence-corrected chi connectivity index (χ0v) is 25.7. The Morgan fingerprint density at radius 3 is 1.72 bits per heavy atom. The summed E-state index contributed by atoms with van der Waals surface area (Å²) in [5.41, 5.74) is 2.87. The lowest BCUT2D eigenvalue weighted by Crippen LogP contribution is -2.50. The third-order valence-electron chi connectivity index (χ3n) is 8.80. The molecule has 0 N–H and O–H groups in total. The van der Waals surface area contributed by atoms with Gasteiger partial charge in [0.1, 0.15) is 18.4 Å². The molecule has 214 valence electrons. The fourth-order valence-corrected chi connectivity index (χ4v) is 6.28. The Kier molecular flexibility index (Phi) is 13.9. The van der Waals surface area contributed by atoms with Crippen molar-refractivity contribution >= 4 is 0 Å². The third-order valence-corrected chi connectivity index (χ3v) is 8.80. The summed E-state index contributed by atoms with van der Waals surface area (Å²) in [6, 6.07) is 23.3. The topological polar surface area (TPSA) is 8.81 Å². The molecule has 0 saturated carbocycles. The SMILES string of the molecule is CCCCCCCCCCCCCCCC([n+]1ccn(C(C)C)c1)C(C)(Cc1ccccc1)c1ccccc1. The molecule has 2 heteroatoms. The van der Waals surface area contributed by atoms with Crippen LogP contribution in [0.5, 0.6) is 0 Å². The lowest BCUT2D eigenvalue weighted by atomic mass is 9.70. The van der Waals surface area contributed by atoms with Gasteiger partial charge in [-0.2, -0.15) is 0 Å². The second-order valence-corrected chi connectivity index (χ2v) is 12.4. The highest BCUT2D eigenvalue weighted by atomic mass is 15.1. The summed E-state index contributed by atoms with van der Waals surface area (Å²) in [5.74, 6) is 0. The number of hydrogen-bond donors (Lipinski definition) is 0. The summed E-state index contributed by atoms with van der Waals surface area (Å²) in [5, 5.41) is 0. The molecule has 0 aliphatic carbocycles. The third kappa shape index (κ3) is 10.3. The molecule has 2 nitrogen and oxygen atoms in total. The highest BCUT2D eigenvalue weighted by molar-refractivity contribution is 5.29. The van der Waals surface area contributed by atoms with Crippen LogP contribution in [0.25, 0.3) is 0 Å². The van der Waals surface area contributed by atoms with Gasteiger partial charge in [0.25, 0.3) is 0 Å². The highest BCUT2D eigenvalue weighted by Crippen LogP contribution is 2.39. The van der Waals surface area contributed by atoms with Crippen LogP contribution < -0.4 is 4.57 Å². The number of unbranched alkanes of at least 4 members (excludes halogenated alkanes) is 12. The van der Waals surface area contributed by atoms with Gasteiger partial charge in [0, 0.05) is 5.41 Å². The van der Waals surface area contributed by atoms with Gasteiger partial charge in [-0.1, -0.05) is 152 Å². The molecule has 0 aliphatic heterocycles. The predicted octanol–water partition coefficient (Wildman–Crippen LogP) is 10.6. The first-order valence-corrected chi connectivity index (χ1v) is 16.2. The van der Waals surface area contributed by atoms with E-state index >= 15 is 0 Å². The van der Waals surface area contributed by atoms with E-state index in [1.165, 1.54) is 101 Å². The maximum Gasteiger partial charge on any atom is 0.244 e. The summed E-state index contributed by atoms with van der Waals surface area (Å²) in [7, 11) is 0. The van der Waals surface area contributed by atoms with Crippen LogP contribution in [0.3, 0.4) is 0 Å². The van der Waals surface area contributed by atoms with E-state index in [2.05, 4.69) is 116 Å². The molecule has 0 radical (unpaired) electrons. The molecule has 39 heavy (non-hydrogen) atoms. The van der Waals surface area contributed by atoms with E-state index in [-0.39, 0.29) is 5.41 Å². The van der Waals surface area contributed by atoms with E-state index in [1.807, 2.05) is 0 Å². The van der Waals surface area contributed by atoms with E-state index in [4.69, 9.17) is 0 Å². The van der Waals surface area contributed by atoms with Crippen LogP contribution in [0.2, 0.25) is 0 Å². The van der Waals surface area contributed by atoms with Gasteiger partial charge < -0.3 is 0 Å². The molecule has 3 aromatic rings. The lowest BCUT2D eigenvalue weighted by molar-refractivity contribution is -0.732. The van der Waals surface area contributed by atoms with Crippen LogP contribution in [-0.2, 0) is 11.8 Å². The van der Waals surface area contributed by atoms with Crippen molar-refractivity contribution in [1.29, 1.82) is 0 Å². The smallest absolute Gasteiger partial charge is 0.235 e. The summed E-state index contributed by atoms with van der Waals surface area (Å²) < 4.78 is 4.88. The van der Waals surface area contributed by atoms with E-state index in [0.29, 0.717) is 12.1 Å². The largest absolute Gasteiger partial charge is 0.244 e. The Morgan fingerprint density at radius 2 is 1.21 bits per heavy atom. The van der Waals surface area contributed by atoms with Crippen molar-refractivity contribution in [2.24, 2.45) is 0 Å². The van der Waals surface area contributed by atoms with Gasteiger partial charge in [-0.15, -0.1) is 0 Å². The number of benzene rings is 2. The number of aromatic nitrogens is 2. The number of hydrogen-bond acceptors (Lipinski definition) is 0. The minimum absolute atomic E-state index is 0.00751. The van der Waals surface area contributed by atoms with E-state index in [9.17, 15) is 0 Å². The first-order valence-electron chi connectivity index (χ1n) is 16.2. The van der Waals surface area contributed by atoms with Crippen molar-refractivity contribution in [2.75, 3.05) is 0 Å². The Bertz CT molecular complexity index is 1010. The van der Waals surface area contributed by atoms with Crippen molar-refractivity contribution in [1.82, 2.24) is 4.57 Å². The molecule has 2 unspecified atom stereocenters. The Labute approximate surface area is 240 Å². The highest BCUT2D eigenvalue weighted by Gasteiger charge is 2.40. The molecule has 3 rings (SSSR count). The minimum atomic E-state index is 0.00751. The molecule has 2 aromatic carbocycles. The minimum Gasteiger partial charge on any atom is -0.235 e. The van der Waals surface area contributed by atoms with Crippen molar-refractivity contribution in [2.45, 2.75) is 142 Å². The van der Waals surface area contributed by atoms with E-state index in [1.54, 1.807) is 0 Å². The first kappa shape index (κ1) is 31.2. The summed E-state index contributed by atoms with van der Waals surface area (Å²) in [4.78, 5) is 0. The van der Waals surface area contributed by atoms with Crippen LogP contribution in [0.1, 0.15) is 141 Å². The van der Waals surface area contributed by atoms with E-state index < -0.39 is 0 Å². The van der Waals surface area contributed by atoms with Gasteiger partial charge in [0.15, 0.2) is 0 Å². The average Bonchev–Trinajstić information content (AvgIpc) is 3.44. The standard InChI is InChI=1S/C37H57N2/c1-5-6-7-8-9-10-11-12-13-14-15-16-23-28-36(39-30-29-38(32-39)33(2)3)37(4,35-26-21-18-22-27-35)31-34-24-19-17-20-25-34/h17-22,24-27,29-30,32-33,36H,5-16,23,28,31H2,1-4H3/q+1. The molecule has 2 atom stereocenters. The molecule has 0 bridgehead atoms. The van der Waals surface area contributed by atoms with Crippen molar-refractivity contribution in [3.8, 4) is 0 Å². The van der Waals surface area contributed by atoms with Crippen molar-refractivity contribution in [3.05, 3.63) is 90.5 Å². The monoisotopic (exact) mass is 529 g/mol. The number of rotatable bonds is 20. The molecule has 0 saturated heterocycles. The molecule has 1 heterocycles. The quantitative estimate of drug-likeness (QED) is 0.102. The molecule has 0 aliphatic rings. The van der Waals surface area contributed by atoms with Crippen LogP contribution in [0, 0.1) is 0 Å². The summed E-state index contributed by atoms with van der Waals surface area (Å²) in [6.45, 7) is 9.34. The maximum atomic E-state index is 2.52. The van der Waals surface area contributed by atoms with Gasteiger partial charge in [-0.3, -0.25) is 0 Å². The fourth-order valence-electron chi connectivity index (χ4n) is 6.28. The lowest BCUT2D eigenvalue weighted by Gasteiger charge is -2.37. The zero-order valence-electron chi connectivity index (χ0n) is 25.7. The fraction of sp³-hybridized carbons (Fsp3) is 0.595. The Balaban J connectivity index is 1.60. The number of imidazole rings is 1. The molecule has 0 spiro atoms. The van der Waals surface area contributed by atoms with Gasteiger partial charge in [-0.05, 0) is 44.2 Å². The molecule has 0 fully saturated rings. The molecular weight excluding hydrogens is 472 g/mol.